The molecular formula is C12H10ClN3O3. The van der Waals surface area contributed by atoms with E-state index >= 15 is 0 Å². The van der Waals surface area contributed by atoms with Crippen LogP contribution in [0.1, 0.15) is 17.4 Å². The molecule has 0 spiro atoms. The van der Waals surface area contributed by atoms with E-state index in [1.165, 1.54) is 6.07 Å². The first-order chi connectivity index (χ1) is 9.13. The van der Waals surface area contributed by atoms with Gasteiger partial charge in [0, 0.05) is 5.02 Å². The van der Waals surface area contributed by atoms with Crippen molar-refractivity contribution in [2.24, 2.45) is 0 Å². The van der Waals surface area contributed by atoms with Crippen molar-refractivity contribution in [1.29, 1.82) is 0 Å². The molecule has 98 valence electrons. The number of nitro groups is 1. The van der Waals surface area contributed by atoms with Crippen molar-refractivity contribution in [3.63, 3.8) is 0 Å². The molecule has 0 saturated carbocycles. The summed E-state index contributed by atoms with van der Waals surface area (Å²) in [4.78, 5) is 10.2. The number of hydrogen-bond acceptors (Lipinski definition) is 4. The first kappa shape index (κ1) is 12.1. The van der Waals surface area contributed by atoms with E-state index in [0.717, 1.165) is 11.3 Å². The van der Waals surface area contributed by atoms with Gasteiger partial charge in [-0.1, -0.05) is 23.7 Å². The molecule has 1 aromatic heterocycles. The second-order valence-electron chi connectivity index (χ2n) is 4.28. The Kier molecular flexibility index (Phi) is 2.96. The number of fused-ring (bicyclic) bond motifs is 1. The molecule has 6 nitrogen and oxygen atoms in total. The highest BCUT2D eigenvalue weighted by Gasteiger charge is 2.27. The van der Waals surface area contributed by atoms with Crippen LogP contribution < -0.4 is 0 Å². The van der Waals surface area contributed by atoms with Gasteiger partial charge in [0.05, 0.1) is 30.0 Å². The molecule has 0 N–H and O–H groups in total. The number of halogens is 1. The lowest BCUT2D eigenvalue weighted by Crippen LogP contribution is -2.21. The molecule has 1 aromatic carbocycles. The average Bonchev–Trinajstić information content (AvgIpc) is 2.82. The number of hydrogen-bond donors (Lipinski definition) is 0. The van der Waals surface area contributed by atoms with Crippen molar-refractivity contribution in [3.8, 4) is 0 Å². The SMILES string of the molecule is O=[N+]([O-])c1cc2n(n1)CC(c1ccc(Cl)cc1)OC2. The minimum absolute atomic E-state index is 0.143. The van der Waals surface area contributed by atoms with Gasteiger partial charge in [0.2, 0.25) is 0 Å². The largest absolute Gasteiger partial charge is 0.390 e. The monoisotopic (exact) mass is 279 g/mol. The van der Waals surface area contributed by atoms with E-state index in [4.69, 9.17) is 16.3 Å². The summed E-state index contributed by atoms with van der Waals surface area (Å²) < 4.78 is 7.32. The molecule has 1 aliphatic heterocycles. The molecule has 0 aliphatic carbocycles. The smallest absolute Gasteiger partial charge is 0.365 e. The molecule has 3 rings (SSSR count). The topological polar surface area (TPSA) is 70.2 Å². The Hall–Kier alpha value is -1.92. The Morgan fingerprint density at radius 3 is 2.84 bits per heavy atom. The standard InChI is InChI=1S/C12H10ClN3O3/c13-9-3-1-8(2-4-9)11-6-15-10(7-19-11)5-12(14-15)16(17)18/h1-5,11H,6-7H2. The summed E-state index contributed by atoms with van der Waals surface area (Å²) in [7, 11) is 0. The zero-order valence-electron chi connectivity index (χ0n) is 9.82. The van der Waals surface area contributed by atoms with Crippen LogP contribution >= 0.6 is 11.6 Å². The molecule has 2 aromatic rings. The van der Waals surface area contributed by atoms with Gasteiger partial charge in [-0.3, -0.25) is 0 Å². The van der Waals surface area contributed by atoms with E-state index in [1.54, 1.807) is 16.8 Å². The highest BCUT2D eigenvalue weighted by molar-refractivity contribution is 6.30. The van der Waals surface area contributed by atoms with Gasteiger partial charge in [0.25, 0.3) is 0 Å². The highest BCUT2D eigenvalue weighted by atomic mass is 35.5. The molecule has 0 bridgehead atoms. The summed E-state index contributed by atoms with van der Waals surface area (Å²) in [5.41, 5.74) is 1.70. The van der Waals surface area contributed by atoms with E-state index in [1.807, 2.05) is 12.1 Å². The van der Waals surface area contributed by atoms with Crippen molar-refractivity contribution in [1.82, 2.24) is 9.78 Å². The predicted octanol–water partition coefficient (Wildman–Crippen LogP) is 2.72. The van der Waals surface area contributed by atoms with Crippen LogP contribution in [0.4, 0.5) is 5.82 Å². The van der Waals surface area contributed by atoms with Gasteiger partial charge in [-0.05, 0) is 22.6 Å². The molecule has 0 radical (unpaired) electrons. The Balaban J connectivity index is 1.85. The van der Waals surface area contributed by atoms with Gasteiger partial charge in [-0.2, -0.15) is 4.68 Å². The van der Waals surface area contributed by atoms with Crippen molar-refractivity contribution in [3.05, 3.63) is 56.7 Å². The normalized spacial score (nSPS) is 18.1. The van der Waals surface area contributed by atoms with Crippen molar-refractivity contribution in [2.45, 2.75) is 19.3 Å². The first-order valence-corrected chi connectivity index (χ1v) is 6.09. The van der Waals surface area contributed by atoms with Crippen LogP contribution in [0.15, 0.2) is 30.3 Å². The number of benzene rings is 1. The fourth-order valence-corrected chi connectivity index (χ4v) is 2.20. The second kappa shape index (κ2) is 4.64. The molecule has 1 aliphatic rings. The molecule has 0 saturated heterocycles. The van der Waals surface area contributed by atoms with E-state index in [0.29, 0.717) is 18.2 Å². The fourth-order valence-electron chi connectivity index (χ4n) is 2.08. The molecule has 0 fully saturated rings. The predicted molar refractivity (Wildman–Crippen MR) is 67.9 cm³/mol. The van der Waals surface area contributed by atoms with Gasteiger partial charge in [0.15, 0.2) is 0 Å². The third kappa shape index (κ3) is 2.32. The maximum absolute atomic E-state index is 10.7. The van der Waals surface area contributed by atoms with Crippen LogP contribution in [-0.4, -0.2) is 14.7 Å². The van der Waals surface area contributed by atoms with Crippen LogP contribution in [-0.2, 0) is 17.9 Å². The second-order valence-corrected chi connectivity index (χ2v) is 4.72. The zero-order chi connectivity index (χ0) is 13.4. The van der Waals surface area contributed by atoms with E-state index in [-0.39, 0.29) is 11.9 Å². The van der Waals surface area contributed by atoms with Crippen LogP contribution in [0.2, 0.25) is 5.02 Å². The van der Waals surface area contributed by atoms with Gasteiger partial charge >= 0.3 is 5.82 Å². The van der Waals surface area contributed by atoms with Crippen molar-refractivity contribution < 1.29 is 9.66 Å². The minimum atomic E-state index is -0.497. The summed E-state index contributed by atoms with van der Waals surface area (Å²) >= 11 is 5.84. The summed E-state index contributed by atoms with van der Waals surface area (Å²) in [6.45, 7) is 0.777. The molecule has 2 heterocycles. The Bertz CT molecular complexity index is 624. The number of ether oxygens (including phenoxy) is 1. The van der Waals surface area contributed by atoms with Gasteiger partial charge in [-0.15, -0.1) is 0 Å². The molecule has 19 heavy (non-hydrogen) atoms. The van der Waals surface area contributed by atoms with Crippen LogP contribution in [0.25, 0.3) is 0 Å². The van der Waals surface area contributed by atoms with Crippen LogP contribution in [0.5, 0.6) is 0 Å². The van der Waals surface area contributed by atoms with Crippen LogP contribution in [0.3, 0.4) is 0 Å². The summed E-state index contributed by atoms with van der Waals surface area (Å²) in [5, 5.41) is 15.3. The Morgan fingerprint density at radius 2 is 2.16 bits per heavy atom. The van der Waals surface area contributed by atoms with Gasteiger partial charge < -0.3 is 14.9 Å². The van der Waals surface area contributed by atoms with E-state index in [2.05, 4.69) is 5.10 Å². The van der Waals surface area contributed by atoms with E-state index in [9.17, 15) is 10.1 Å². The molecule has 1 unspecified atom stereocenters. The van der Waals surface area contributed by atoms with Crippen LogP contribution in [0, 0.1) is 10.1 Å². The molecule has 0 amide bonds. The Morgan fingerprint density at radius 1 is 1.42 bits per heavy atom. The molecule has 1 atom stereocenters. The summed E-state index contributed by atoms with van der Waals surface area (Å²) in [6, 6.07) is 8.80. The average molecular weight is 280 g/mol. The maximum Gasteiger partial charge on any atom is 0.390 e. The number of rotatable bonds is 2. The first-order valence-electron chi connectivity index (χ1n) is 5.71. The van der Waals surface area contributed by atoms with Gasteiger partial charge in [-0.25, -0.2) is 0 Å². The lowest BCUT2D eigenvalue weighted by Gasteiger charge is -2.22. The van der Waals surface area contributed by atoms with Crippen molar-refractivity contribution in [2.75, 3.05) is 0 Å². The number of nitrogens with zero attached hydrogens (tertiary/aromatic N) is 3. The van der Waals surface area contributed by atoms with Crippen molar-refractivity contribution >= 4 is 17.4 Å². The fraction of sp³-hybridized carbons (Fsp3) is 0.250. The van der Waals surface area contributed by atoms with Gasteiger partial charge in [0.1, 0.15) is 6.10 Å². The number of aromatic nitrogens is 2. The minimum Gasteiger partial charge on any atom is -0.365 e. The summed E-state index contributed by atoms with van der Waals surface area (Å²) in [5.74, 6) is -0.143. The summed E-state index contributed by atoms with van der Waals surface area (Å²) in [6.07, 6.45) is -0.163. The molecule has 7 heteroatoms. The molecular weight excluding hydrogens is 270 g/mol. The third-order valence-electron chi connectivity index (χ3n) is 3.05. The quantitative estimate of drug-likeness (QED) is 0.626. The highest BCUT2D eigenvalue weighted by Crippen LogP contribution is 2.28. The lowest BCUT2D eigenvalue weighted by molar-refractivity contribution is -0.389. The Labute approximate surface area is 113 Å². The lowest BCUT2D eigenvalue weighted by atomic mass is 10.1. The van der Waals surface area contributed by atoms with E-state index < -0.39 is 4.92 Å². The zero-order valence-corrected chi connectivity index (χ0v) is 10.6. The third-order valence-corrected chi connectivity index (χ3v) is 3.30. The maximum atomic E-state index is 10.7.